The van der Waals surface area contributed by atoms with Gasteiger partial charge in [0, 0.05) is 6.07 Å². The quantitative estimate of drug-likeness (QED) is 0.564. The summed E-state index contributed by atoms with van der Waals surface area (Å²) in [7, 11) is 1.52. The summed E-state index contributed by atoms with van der Waals surface area (Å²) < 4.78 is 21.8. The van der Waals surface area contributed by atoms with Gasteiger partial charge in [-0.15, -0.1) is 0 Å². The van der Waals surface area contributed by atoms with Gasteiger partial charge < -0.3 is 28.8 Å². The van der Waals surface area contributed by atoms with Crippen molar-refractivity contribution in [3.8, 4) is 17.2 Å². The third-order valence-electron chi connectivity index (χ3n) is 4.31. The van der Waals surface area contributed by atoms with Crippen molar-refractivity contribution < 1.29 is 33.6 Å². The van der Waals surface area contributed by atoms with Crippen LogP contribution < -0.4 is 14.9 Å². The summed E-state index contributed by atoms with van der Waals surface area (Å²) in [5.41, 5.74) is -0.157. The minimum atomic E-state index is -0.837. The first-order valence-corrected chi connectivity index (χ1v) is 9.73. The first kappa shape index (κ1) is 23.3. The van der Waals surface area contributed by atoms with Crippen molar-refractivity contribution in [3.63, 3.8) is 0 Å². The lowest BCUT2D eigenvalue weighted by molar-refractivity contribution is -0.143. The smallest absolute Gasteiger partial charge is 0.306 e. The van der Waals surface area contributed by atoms with E-state index in [1.807, 2.05) is 13.8 Å². The predicted octanol–water partition coefficient (Wildman–Crippen LogP) is 2.97. The van der Waals surface area contributed by atoms with E-state index in [1.165, 1.54) is 7.11 Å². The van der Waals surface area contributed by atoms with E-state index < -0.39 is 29.7 Å². The molecule has 0 radical (unpaired) electrons. The van der Waals surface area contributed by atoms with E-state index in [0.29, 0.717) is 23.7 Å². The Morgan fingerprint density at radius 1 is 1.20 bits per heavy atom. The summed E-state index contributed by atoms with van der Waals surface area (Å²) >= 11 is 0. The molecular weight excluding hydrogens is 392 g/mol. The van der Waals surface area contributed by atoms with Crippen LogP contribution in [0.2, 0.25) is 0 Å². The molecule has 2 N–H and O–H groups in total. The van der Waals surface area contributed by atoms with Gasteiger partial charge in [-0.25, -0.2) is 0 Å². The lowest BCUT2D eigenvalue weighted by atomic mass is 9.91. The number of hydrogen-bond donors (Lipinski definition) is 2. The summed E-state index contributed by atoms with van der Waals surface area (Å²) in [6.07, 6.45) is -0.185. The monoisotopic (exact) mass is 420 g/mol. The number of methoxy groups -OCH3 is 1. The second-order valence-electron chi connectivity index (χ2n) is 7.12. The predicted molar refractivity (Wildman–Crippen MR) is 109 cm³/mol. The molecular formula is C22H28O8. The second-order valence-corrected chi connectivity index (χ2v) is 7.12. The minimum absolute atomic E-state index is 0.0218. The lowest BCUT2D eigenvalue weighted by Crippen LogP contribution is -2.15. The molecule has 1 atom stereocenters. The van der Waals surface area contributed by atoms with E-state index in [-0.39, 0.29) is 30.5 Å². The molecule has 0 amide bonds. The third kappa shape index (κ3) is 5.76. The molecule has 0 aliphatic heterocycles. The Morgan fingerprint density at radius 3 is 2.53 bits per heavy atom. The molecule has 2 rings (SSSR count). The number of hydrogen-bond acceptors (Lipinski definition) is 8. The highest BCUT2D eigenvalue weighted by atomic mass is 16.5. The van der Waals surface area contributed by atoms with Gasteiger partial charge in [0.2, 0.25) is 11.2 Å². The van der Waals surface area contributed by atoms with Crippen LogP contribution in [0.25, 0.3) is 0 Å². The highest BCUT2D eigenvalue weighted by molar-refractivity contribution is 5.71. The van der Waals surface area contributed by atoms with Gasteiger partial charge in [0.25, 0.3) is 0 Å². The summed E-state index contributed by atoms with van der Waals surface area (Å²) in [5, 5.41) is 19.7. The standard InChI is InChI=1S/C22H28O8/c1-5-28-20(25)10-16(22-21(26)17(24)9-15(11-23)30-22)14-6-7-18(27-4)19(8-14)29-12-13(2)3/h6-9,13,16,23,26H,5,10-12H2,1-4H3/t16-/m1/s1. The first-order valence-electron chi connectivity index (χ1n) is 9.73. The second kappa shape index (κ2) is 10.7. The SMILES string of the molecule is CCOC(=O)C[C@H](c1ccc(OC)c(OCC(C)C)c1)c1oc(CO)cc(=O)c1O. The van der Waals surface area contributed by atoms with Crippen LogP contribution in [0.4, 0.5) is 0 Å². The third-order valence-corrected chi connectivity index (χ3v) is 4.31. The number of aliphatic hydroxyl groups excluding tert-OH is 1. The fourth-order valence-electron chi connectivity index (χ4n) is 2.90. The Bertz CT molecular complexity index is 916. The summed E-state index contributed by atoms with van der Waals surface area (Å²) in [6, 6.07) is 6.05. The van der Waals surface area contributed by atoms with Crippen LogP contribution in [-0.4, -0.2) is 36.5 Å². The summed E-state index contributed by atoms with van der Waals surface area (Å²) in [6.45, 7) is 5.80. The Hall–Kier alpha value is -3.00. The minimum Gasteiger partial charge on any atom is -0.502 e. The number of aromatic hydroxyl groups is 1. The van der Waals surface area contributed by atoms with Gasteiger partial charge in [0.1, 0.15) is 12.4 Å². The maximum absolute atomic E-state index is 12.2. The molecule has 0 saturated carbocycles. The molecule has 1 aromatic heterocycles. The molecule has 0 aliphatic carbocycles. The number of carbonyl (C=O) groups is 1. The van der Waals surface area contributed by atoms with E-state index >= 15 is 0 Å². The van der Waals surface area contributed by atoms with E-state index in [9.17, 15) is 19.8 Å². The lowest BCUT2D eigenvalue weighted by Gasteiger charge is -2.20. The van der Waals surface area contributed by atoms with E-state index in [0.717, 1.165) is 6.07 Å². The number of rotatable bonds is 10. The van der Waals surface area contributed by atoms with Crippen molar-refractivity contribution >= 4 is 5.97 Å². The first-order chi connectivity index (χ1) is 14.3. The van der Waals surface area contributed by atoms with Gasteiger partial charge in [-0.2, -0.15) is 0 Å². The number of esters is 1. The van der Waals surface area contributed by atoms with Crippen LogP contribution in [0.3, 0.4) is 0 Å². The van der Waals surface area contributed by atoms with Crippen molar-refractivity contribution in [2.45, 2.75) is 39.7 Å². The summed E-state index contributed by atoms with van der Waals surface area (Å²) in [5.74, 6) is -0.901. The molecule has 2 aromatic rings. The Kier molecular flexibility index (Phi) is 8.29. The van der Waals surface area contributed by atoms with E-state index in [1.54, 1.807) is 25.1 Å². The molecule has 8 heteroatoms. The number of benzene rings is 1. The number of carbonyl (C=O) groups excluding carboxylic acids is 1. The van der Waals surface area contributed by atoms with Crippen LogP contribution in [-0.2, 0) is 16.1 Å². The molecule has 0 unspecified atom stereocenters. The zero-order valence-electron chi connectivity index (χ0n) is 17.6. The molecule has 8 nitrogen and oxygen atoms in total. The van der Waals surface area contributed by atoms with Crippen molar-refractivity contribution in [2.24, 2.45) is 5.92 Å². The zero-order chi connectivity index (χ0) is 22.3. The van der Waals surface area contributed by atoms with E-state index in [2.05, 4.69) is 0 Å². The molecule has 164 valence electrons. The molecule has 0 saturated heterocycles. The normalized spacial score (nSPS) is 11.9. The Morgan fingerprint density at radius 2 is 1.93 bits per heavy atom. The highest BCUT2D eigenvalue weighted by Crippen LogP contribution is 2.38. The Labute approximate surface area is 175 Å². The number of ether oxygens (including phenoxy) is 3. The van der Waals surface area contributed by atoms with Crippen molar-refractivity contribution in [1.29, 1.82) is 0 Å². The molecule has 1 aromatic carbocycles. The van der Waals surface area contributed by atoms with Gasteiger partial charge in [-0.05, 0) is 30.5 Å². The number of aliphatic hydroxyl groups is 1. The fourth-order valence-corrected chi connectivity index (χ4v) is 2.90. The van der Waals surface area contributed by atoms with Crippen LogP contribution in [0.5, 0.6) is 17.2 Å². The highest BCUT2D eigenvalue weighted by Gasteiger charge is 2.27. The fraction of sp³-hybridized carbons (Fsp3) is 0.455. The maximum Gasteiger partial charge on any atom is 0.306 e. The van der Waals surface area contributed by atoms with Gasteiger partial charge in [-0.1, -0.05) is 19.9 Å². The molecule has 30 heavy (non-hydrogen) atoms. The average Bonchev–Trinajstić information content (AvgIpc) is 2.72. The largest absolute Gasteiger partial charge is 0.502 e. The van der Waals surface area contributed by atoms with Crippen molar-refractivity contribution in [1.82, 2.24) is 0 Å². The Balaban J connectivity index is 2.58. The molecule has 0 fully saturated rings. The van der Waals surface area contributed by atoms with E-state index in [4.69, 9.17) is 18.6 Å². The van der Waals surface area contributed by atoms with Crippen LogP contribution in [0, 0.1) is 5.92 Å². The molecule has 0 bridgehead atoms. The molecule has 0 spiro atoms. The van der Waals surface area contributed by atoms with Gasteiger partial charge in [-0.3, -0.25) is 9.59 Å². The van der Waals surface area contributed by atoms with Gasteiger partial charge in [0.15, 0.2) is 17.3 Å². The van der Waals surface area contributed by atoms with Gasteiger partial charge >= 0.3 is 5.97 Å². The maximum atomic E-state index is 12.2. The molecule has 0 aliphatic rings. The van der Waals surface area contributed by atoms with Gasteiger partial charge in [0.05, 0.1) is 32.7 Å². The molecule has 1 heterocycles. The zero-order valence-corrected chi connectivity index (χ0v) is 17.6. The van der Waals surface area contributed by atoms with Crippen molar-refractivity contribution in [3.05, 3.63) is 51.6 Å². The average molecular weight is 420 g/mol. The van der Waals surface area contributed by atoms with Crippen LogP contribution in [0.15, 0.2) is 33.5 Å². The topological polar surface area (TPSA) is 115 Å². The summed E-state index contributed by atoms with van der Waals surface area (Å²) in [4.78, 5) is 24.4. The van der Waals surface area contributed by atoms with Crippen molar-refractivity contribution in [2.75, 3.05) is 20.3 Å². The van der Waals surface area contributed by atoms with Crippen LogP contribution >= 0.6 is 0 Å². The van der Waals surface area contributed by atoms with Crippen LogP contribution in [0.1, 0.15) is 50.2 Å².